The number of aliphatic hydroxyl groups is 1. The second-order valence-corrected chi connectivity index (χ2v) is 12.3. The molecule has 0 aliphatic rings. The predicted octanol–water partition coefficient (Wildman–Crippen LogP) is 4.70. The second kappa shape index (κ2) is 11.6. The van der Waals surface area contributed by atoms with E-state index in [-0.39, 0.29) is 21.2 Å². The van der Waals surface area contributed by atoms with Crippen LogP contribution in [-0.2, 0) is 6.61 Å². The summed E-state index contributed by atoms with van der Waals surface area (Å²) in [5.74, 6) is -2.09. The number of nitrogens with two attached hydrogens (primary N) is 1. The average molecular weight is 1080 g/mol. The van der Waals surface area contributed by atoms with E-state index in [4.69, 9.17) is 5.73 Å². The van der Waals surface area contributed by atoms with Gasteiger partial charge < -0.3 is 21.3 Å². The minimum absolute atomic E-state index is 0.0372. The Hall–Kier alpha value is 1.19. The van der Waals surface area contributed by atoms with Crippen LogP contribution in [0.25, 0.3) is 0 Å². The number of ketones is 1. The van der Waals surface area contributed by atoms with Crippen LogP contribution in [0.3, 0.4) is 0 Å². The topological polar surface area (TPSA) is 130 Å². The van der Waals surface area contributed by atoms with E-state index in [0.29, 0.717) is 31.1 Å². The molecule has 0 bridgehead atoms. The van der Waals surface area contributed by atoms with Crippen LogP contribution in [-0.4, -0.2) is 34.4 Å². The van der Waals surface area contributed by atoms with Crippen molar-refractivity contribution < 1.29 is 24.6 Å². The first kappa shape index (κ1) is 27.4. The first-order valence-electron chi connectivity index (χ1n) is 7.71. The fraction of sp³-hybridized carbons (Fsp3) is 0.118. The summed E-state index contributed by atoms with van der Waals surface area (Å²) in [5, 5.41) is 21.8. The maximum atomic E-state index is 12.9. The Labute approximate surface area is 253 Å². The van der Waals surface area contributed by atoms with Crippen molar-refractivity contribution in [3.63, 3.8) is 0 Å². The van der Waals surface area contributed by atoms with Gasteiger partial charge in [-0.15, -0.1) is 0 Å². The molecule has 2 aromatic rings. The maximum absolute atomic E-state index is 12.9. The van der Waals surface area contributed by atoms with Crippen molar-refractivity contribution >= 4 is 159 Å². The molecular formula is C17H10I6N2O5. The van der Waals surface area contributed by atoms with Crippen molar-refractivity contribution in [2.24, 2.45) is 0 Å². The van der Waals surface area contributed by atoms with Crippen LogP contribution in [0, 0.1) is 21.4 Å². The molecule has 13 heteroatoms. The third kappa shape index (κ3) is 5.63. The largest absolute Gasteiger partial charge is 0.478 e. The number of carboxylic acids is 1. The molecule has 0 aromatic heterocycles. The molecule has 0 atom stereocenters. The van der Waals surface area contributed by atoms with E-state index in [9.17, 15) is 24.6 Å². The van der Waals surface area contributed by atoms with Crippen molar-refractivity contribution in [3.05, 3.63) is 49.7 Å². The van der Waals surface area contributed by atoms with Crippen molar-refractivity contribution in [2.75, 3.05) is 12.3 Å². The summed E-state index contributed by atoms with van der Waals surface area (Å²) in [6, 6.07) is 1.78. The number of hydrogen-bond donors (Lipinski definition) is 4. The van der Waals surface area contributed by atoms with Gasteiger partial charge in [0.15, 0.2) is 5.78 Å². The minimum Gasteiger partial charge on any atom is -0.478 e. The van der Waals surface area contributed by atoms with E-state index in [0.717, 1.165) is 3.57 Å². The molecule has 0 unspecified atom stereocenters. The monoisotopic (exact) mass is 1080 g/mol. The number of aliphatic hydroxyl groups excluding tert-OH is 1. The van der Waals surface area contributed by atoms with Gasteiger partial charge in [-0.05, 0) is 142 Å². The Bertz CT molecular complexity index is 1090. The number of halogens is 6. The molecule has 160 valence electrons. The lowest BCUT2D eigenvalue weighted by Crippen LogP contribution is -2.32. The summed E-state index contributed by atoms with van der Waals surface area (Å²) in [7, 11) is 0. The molecule has 30 heavy (non-hydrogen) atoms. The fourth-order valence-corrected chi connectivity index (χ4v) is 10.9. The number of nitrogen functional groups attached to an aromatic ring is 1. The van der Waals surface area contributed by atoms with E-state index in [1.54, 1.807) is 6.07 Å². The fourth-order valence-electron chi connectivity index (χ4n) is 2.44. The van der Waals surface area contributed by atoms with Gasteiger partial charge in [-0.1, -0.05) is 0 Å². The minimum atomic E-state index is -1.19. The van der Waals surface area contributed by atoms with E-state index in [1.807, 2.05) is 113 Å². The van der Waals surface area contributed by atoms with Crippen LogP contribution < -0.4 is 11.1 Å². The van der Waals surface area contributed by atoms with Gasteiger partial charge in [0, 0.05) is 29.0 Å². The number of carbonyl (C=O) groups is 3. The number of aromatic carboxylic acids is 1. The van der Waals surface area contributed by atoms with Gasteiger partial charge in [0.25, 0.3) is 5.91 Å². The highest BCUT2D eigenvalue weighted by molar-refractivity contribution is 14.1. The van der Waals surface area contributed by atoms with Crippen molar-refractivity contribution in [3.8, 4) is 0 Å². The lowest BCUT2D eigenvalue weighted by atomic mass is 10.0. The molecule has 0 saturated heterocycles. The molecule has 7 nitrogen and oxygen atoms in total. The van der Waals surface area contributed by atoms with Gasteiger partial charge in [0.1, 0.15) is 0 Å². The molecule has 0 fully saturated rings. The SMILES string of the molecule is Nc1c(I)cc(I)c(C(=O)NCC(=O)c2c(I)c(CO)c(I)c(C(=O)O)c2I)c1I. The number of carboxylic acid groups (broad SMARTS) is 1. The van der Waals surface area contributed by atoms with Crippen molar-refractivity contribution in [1.82, 2.24) is 5.32 Å². The van der Waals surface area contributed by atoms with Gasteiger partial charge in [-0.25, -0.2) is 4.79 Å². The molecule has 5 N–H and O–H groups in total. The molecule has 0 saturated carbocycles. The summed E-state index contributed by atoms with van der Waals surface area (Å²) in [6.45, 7) is -0.730. The van der Waals surface area contributed by atoms with E-state index >= 15 is 0 Å². The summed E-state index contributed by atoms with van der Waals surface area (Å²) in [6.07, 6.45) is 0. The van der Waals surface area contributed by atoms with Gasteiger partial charge in [0.2, 0.25) is 0 Å². The van der Waals surface area contributed by atoms with Crippen molar-refractivity contribution in [2.45, 2.75) is 6.61 Å². The van der Waals surface area contributed by atoms with Crippen LogP contribution in [0.1, 0.15) is 36.6 Å². The molecule has 2 aromatic carbocycles. The second-order valence-electron chi connectivity index (χ2n) is 5.68. The third-order valence-electron chi connectivity index (χ3n) is 3.90. The van der Waals surface area contributed by atoms with Gasteiger partial charge >= 0.3 is 5.97 Å². The highest BCUT2D eigenvalue weighted by Crippen LogP contribution is 2.33. The van der Waals surface area contributed by atoms with Crippen LogP contribution in [0.15, 0.2) is 6.07 Å². The lowest BCUT2D eigenvalue weighted by molar-refractivity contribution is 0.0694. The Morgan fingerprint density at radius 2 is 1.43 bits per heavy atom. The van der Waals surface area contributed by atoms with Crippen LogP contribution in [0.5, 0.6) is 0 Å². The van der Waals surface area contributed by atoms with E-state index < -0.39 is 24.3 Å². The molecular weight excluding hydrogens is 1070 g/mol. The number of amides is 1. The highest BCUT2D eigenvalue weighted by atomic mass is 127. The molecule has 2 rings (SSSR count). The summed E-state index contributed by atoms with van der Waals surface area (Å²) in [5.41, 5.74) is 7.41. The quantitative estimate of drug-likeness (QED) is 0.189. The van der Waals surface area contributed by atoms with E-state index in [1.165, 1.54) is 0 Å². The first-order chi connectivity index (χ1) is 13.9. The number of carbonyl (C=O) groups excluding carboxylic acids is 2. The van der Waals surface area contributed by atoms with Crippen molar-refractivity contribution in [1.29, 1.82) is 0 Å². The van der Waals surface area contributed by atoms with E-state index in [2.05, 4.69) is 27.9 Å². The summed E-state index contributed by atoms with van der Waals surface area (Å²) >= 11 is 11.7. The maximum Gasteiger partial charge on any atom is 0.337 e. The lowest BCUT2D eigenvalue weighted by Gasteiger charge is -2.16. The van der Waals surface area contributed by atoms with Gasteiger partial charge in [-0.3, -0.25) is 9.59 Å². The molecule has 0 spiro atoms. The smallest absolute Gasteiger partial charge is 0.337 e. The van der Waals surface area contributed by atoms with Gasteiger partial charge in [-0.2, -0.15) is 0 Å². The number of hydrogen-bond acceptors (Lipinski definition) is 5. The zero-order valence-corrected chi connectivity index (χ0v) is 27.4. The highest BCUT2D eigenvalue weighted by Gasteiger charge is 2.27. The standard InChI is InChI=1S/C17H10I6N2O5/c18-5-1-6(19)15(24)14(23)8(5)16(28)25-2-7(27)9-11(20)4(3-26)12(21)10(13(9)22)17(29)30/h1,26H,2-3,24H2,(H,25,28)(H,29,30). The normalized spacial score (nSPS) is 10.8. The number of Topliss-reactive ketones (excluding diaryl/α,β-unsaturated/α-hetero) is 1. The number of anilines is 1. The zero-order valence-electron chi connectivity index (χ0n) is 14.5. The average Bonchev–Trinajstić information content (AvgIpc) is 2.64. The Morgan fingerprint density at radius 3 is 1.97 bits per heavy atom. The molecule has 0 radical (unpaired) electrons. The molecule has 0 heterocycles. The summed E-state index contributed by atoms with van der Waals surface area (Å²) < 4.78 is 3.26. The number of rotatable bonds is 6. The predicted molar refractivity (Wildman–Crippen MR) is 163 cm³/mol. The summed E-state index contributed by atoms with van der Waals surface area (Å²) in [4.78, 5) is 37.4. The first-order valence-corrected chi connectivity index (χ1v) is 14.2. The zero-order chi connectivity index (χ0) is 22.9. The Kier molecular flexibility index (Phi) is 10.6. The number of benzene rings is 2. The van der Waals surface area contributed by atoms with Crippen LogP contribution in [0.4, 0.5) is 5.69 Å². The van der Waals surface area contributed by atoms with Crippen LogP contribution >= 0.6 is 136 Å². The van der Waals surface area contributed by atoms with Crippen LogP contribution in [0.2, 0.25) is 0 Å². The van der Waals surface area contributed by atoms with Gasteiger partial charge in [0.05, 0.1) is 33.5 Å². The third-order valence-corrected chi connectivity index (χ3v) is 10.2. The molecule has 0 aliphatic heterocycles. The Morgan fingerprint density at radius 1 is 0.867 bits per heavy atom. The molecule has 1 amide bonds. The molecule has 0 aliphatic carbocycles. The Balaban J connectivity index is 2.41. The number of nitrogens with one attached hydrogen (secondary N) is 1.